The summed E-state index contributed by atoms with van der Waals surface area (Å²) in [6.07, 6.45) is 3.66. The summed E-state index contributed by atoms with van der Waals surface area (Å²) in [6, 6.07) is 11.8. The Hall–Kier alpha value is -2.69. The Balaban J connectivity index is 1.45. The molecule has 1 saturated carbocycles. The highest BCUT2D eigenvalue weighted by atomic mass is 16.5. The third kappa shape index (κ3) is 3.47. The summed E-state index contributed by atoms with van der Waals surface area (Å²) < 4.78 is 5.34. The number of Topliss-reactive ketones (excluding diaryl/α,β-unsaturated/α-hetero) is 1. The molecule has 0 unspecified atom stereocenters. The van der Waals surface area contributed by atoms with E-state index in [0.29, 0.717) is 30.9 Å². The highest BCUT2D eigenvalue weighted by Gasteiger charge is 2.29. The maximum absolute atomic E-state index is 12.7. The standard InChI is InChI=1S/C21H22N2O3/c1-23(13-16-11-20(26-22-16)15-7-8-15)21(25)12-18-17(9-10-19(18)24)14-5-3-2-4-6-14/h2-6,11,15H,7-10,12-13H2,1H3. The monoisotopic (exact) mass is 350 g/mol. The molecule has 1 heterocycles. The molecule has 2 aromatic rings. The summed E-state index contributed by atoms with van der Waals surface area (Å²) in [6.45, 7) is 0.400. The molecule has 5 heteroatoms. The molecule has 1 fully saturated rings. The second-order valence-corrected chi connectivity index (χ2v) is 7.17. The van der Waals surface area contributed by atoms with Crippen molar-refractivity contribution in [1.82, 2.24) is 10.1 Å². The molecule has 4 rings (SSSR count). The van der Waals surface area contributed by atoms with Crippen LogP contribution in [0.5, 0.6) is 0 Å². The fourth-order valence-corrected chi connectivity index (χ4v) is 3.45. The molecule has 0 N–H and O–H groups in total. The Morgan fingerprint density at radius 3 is 2.73 bits per heavy atom. The van der Waals surface area contributed by atoms with E-state index < -0.39 is 0 Å². The lowest BCUT2D eigenvalue weighted by molar-refractivity contribution is -0.130. The highest BCUT2D eigenvalue weighted by Crippen LogP contribution is 2.40. The van der Waals surface area contributed by atoms with Gasteiger partial charge in [-0.1, -0.05) is 35.5 Å². The zero-order chi connectivity index (χ0) is 18.1. The van der Waals surface area contributed by atoms with E-state index in [2.05, 4.69) is 5.16 Å². The van der Waals surface area contributed by atoms with E-state index in [0.717, 1.165) is 35.4 Å². The first-order valence-electron chi connectivity index (χ1n) is 9.12. The van der Waals surface area contributed by atoms with E-state index in [1.165, 1.54) is 0 Å². The molecule has 0 radical (unpaired) electrons. The van der Waals surface area contributed by atoms with Gasteiger partial charge in [-0.3, -0.25) is 9.59 Å². The maximum atomic E-state index is 12.7. The maximum Gasteiger partial charge on any atom is 0.227 e. The number of nitrogens with zero attached hydrogens (tertiary/aromatic N) is 2. The normalized spacial score (nSPS) is 17.0. The predicted octanol–water partition coefficient (Wildman–Crippen LogP) is 3.72. The van der Waals surface area contributed by atoms with Crippen LogP contribution in [0, 0.1) is 0 Å². The first kappa shape index (κ1) is 16.8. The van der Waals surface area contributed by atoms with Crippen molar-refractivity contribution in [2.24, 2.45) is 0 Å². The van der Waals surface area contributed by atoms with Crippen LogP contribution in [0.25, 0.3) is 5.57 Å². The molecule has 5 nitrogen and oxygen atoms in total. The molecule has 2 aliphatic rings. The van der Waals surface area contributed by atoms with Gasteiger partial charge < -0.3 is 9.42 Å². The topological polar surface area (TPSA) is 63.4 Å². The number of aromatic nitrogens is 1. The van der Waals surface area contributed by atoms with Crippen LogP contribution in [-0.4, -0.2) is 28.8 Å². The van der Waals surface area contributed by atoms with E-state index in [-0.39, 0.29) is 18.1 Å². The highest BCUT2D eigenvalue weighted by molar-refractivity contribution is 6.10. The minimum absolute atomic E-state index is 0.0698. The van der Waals surface area contributed by atoms with Gasteiger partial charge in [0, 0.05) is 31.0 Å². The van der Waals surface area contributed by atoms with Crippen LogP contribution in [0.3, 0.4) is 0 Å². The third-order valence-corrected chi connectivity index (χ3v) is 5.13. The van der Waals surface area contributed by atoms with Crippen molar-refractivity contribution in [2.45, 2.75) is 44.6 Å². The minimum atomic E-state index is -0.0698. The van der Waals surface area contributed by atoms with Crippen molar-refractivity contribution in [3.63, 3.8) is 0 Å². The van der Waals surface area contributed by atoms with Gasteiger partial charge in [0.1, 0.15) is 11.5 Å². The van der Waals surface area contributed by atoms with Crippen LogP contribution in [-0.2, 0) is 16.1 Å². The van der Waals surface area contributed by atoms with Crippen LogP contribution in [0.4, 0.5) is 0 Å². The molecule has 0 saturated heterocycles. The Bertz CT molecular complexity index is 862. The van der Waals surface area contributed by atoms with Crippen molar-refractivity contribution in [3.05, 3.63) is 59.0 Å². The zero-order valence-electron chi connectivity index (χ0n) is 14.9. The Labute approximate surface area is 152 Å². The lowest BCUT2D eigenvalue weighted by Gasteiger charge is -2.16. The number of hydrogen-bond donors (Lipinski definition) is 0. The van der Waals surface area contributed by atoms with E-state index in [1.54, 1.807) is 11.9 Å². The summed E-state index contributed by atoms with van der Waals surface area (Å²) in [4.78, 5) is 26.6. The molecular formula is C21H22N2O3. The molecule has 0 spiro atoms. The van der Waals surface area contributed by atoms with Crippen LogP contribution in [0.15, 0.2) is 46.5 Å². The Morgan fingerprint density at radius 2 is 2.00 bits per heavy atom. The lowest BCUT2D eigenvalue weighted by Crippen LogP contribution is -2.27. The molecule has 1 aromatic heterocycles. The third-order valence-electron chi connectivity index (χ3n) is 5.13. The van der Waals surface area contributed by atoms with E-state index in [9.17, 15) is 9.59 Å². The van der Waals surface area contributed by atoms with Crippen molar-refractivity contribution in [1.29, 1.82) is 0 Å². The van der Waals surface area contributed by atoms with Crippen LogP contribution < -0.4 is 0 Å². The molecule has 0 atom stereocenters. The van der Waals surface area contributed by atoms with E-state index in [4.69, 9.17) is 4.52 Å². The quantitative estimate of drug-likeness (QED) is 0.796. The first-order chi connectivity index (χ1) is 12.6. The number of carbonyl (C=O) groups excluding carboxylic acids is 2. The molecule has 134 valence electrons. The number of carbonyl (C=O) groups is 2. The first-order valence-corrected chi connectivity index (χ1v) is 9.12. The van der Waals surface area contributed by atoms with Crippen LogP contribution in [0.2, 0.25) is 0 Å². The minimum Gasteiger partial charge on any atom is -0.361 e. The van der Waals surface area contributed by atoms with E-state index in [1.807, 2.05) is 36.4 Å². The van der Waals surface area contributed by atoms with Gasteiger partial charge in [0.05, 0.1) is 13.0 Å². The number of rotatable bonds is 6. The molecule has 0 aliphatic heterocycles. The molecule has 1 aromatic carbocycles. The van der Waals surface area contributed by atoms with Gasteiger partial charge in [0.25, 0.3) is 0 Å². The van der Waals surface area contributed by atoms with E-state index >= 15 is 0 Å². The van der Waals surface area contributed by atoms with Gasteiger partial charge in [0.15, 0.2) is 5.78 Å². The van der Waals surface area contributed by atoms with Crippen molar-refractivity contribution >= 4 is 17.3 Å². The number of benzene rings is 1. The molecule has 2 aliphatic carbocycles. The SMILES string of the molecule is CN(Cc1cc(C2CC2)on1)C(=O)CC1=C(c2ccccc2)CCC1=O. The molecule has 26 heavy (non-hydrogen) atoms. The van der Waals surface area contributed by atoms with Gasteiger partial charge in [-0.2, -0.15) is 0 Å². The van der Waals surface area contributed by atoms with Gasteiger partial charge in [-0.15, -0.1) is 0 Å². The lowest BCUT2D eigenvalue weighted by atomic mass is 10.00. The molecular weight excluding hydrogens is 328 g/mol. The number of ketones is 1. The van der Waals surface area contributed by atoms with Gasteiger partial charge in [0.2, 0.25) is 5.91 Å². The van der Waals surface area contributed by atoms with Crippen molar-refractivity contribution < 1.29 is 14.1 Å². The largest absolute Gasteiger partial charge is 0.361 e. The van der Waals surface area contributed by atoms with Gasteiger partial charge >= 0.3 is 0 Å². The van der Waals surface area contributed by atoms with Gasteiger partial charge in [-0.25, -0.2) is 0 Å². The summed E-state index contributed by atoms with van der Waals surface area (Å²) >= 11 is 0. The second-order valence-electron chi connectivity index (χ2n) is 7.17. The predicted molar refractivity (Wildman–Crippen MR) is 97.2 cm³/mol. The average molecular weight is 350 g/mol. The Kier molecular flexibility index (Phi) is 4.45. The Morgan fingerprint density at radius 1 is 1.23 bits per heavy atom. The van der Waals surface area contributed by atoms with Crippen LogP contribution >= 0.6 is 0 Å². The fourth-order valence-electron chi connectivity index (χ4n) is 3.45. The summed E-state index contributed by atoms with van der Waals surface area (Å²) in [5.41, 5.74) is 3.47. The second kappa shape index (κ2) is 6.90. The number of allylic oxidation sites excluding steroid dienone is 1. The molecule has 1 amide bonds. The van der Waals surface area contributed by atoms with Crippen molar-refractivity contribution in [3.8, 4) is 0 Å². The average Bonchev–Trinajstić information content (AvgIpc) is 3.30. The smallest absolute Gasteiger partial charge is 0.227 e. The summed E-state index contributed by atoms with van der Waals surface area (Å²) in [7, 11) is 1.75. The molecule has 0 bridgehead atoms. The zero-order valence-corrected chi connectivity index (χ0v) is 14.9. The summed E-state index contributed by atoms with van der Waals surface area (Å²) in [5, 5.41) is 4.06. The van der Waals surface area contributed by atoms with Crippen LogP contribution in [0.1, 0.15) is 55.0 Å². The van der Waals surface area contributed by atoms with Crippen molar-refractivity contribution in [2.75, 3.05) is 7.05 Å². The number of amides is 1. The fraction of sp³-hybridized carbons (Fsp3) is 0.381. The summed E-state index contributed by atoms with van der Waals surface area (Å²) in [5.74, 6) is 1.44. The van der Waals surface area contributed by atoms with Gasteiger partial charge in [-0.05, 0) is 30.4 Å². The number of hydrogen-bond acceptors (Lipinski definition) is 4.